The zero-order chi connectivity index (χ0) is 15.0. The number of nitrogen functional groups attached to an aromatic ring is 1. The quantitative estimate of drug-likeness (QED) is 0.850. The summed E-state index contributed by atoms with van der Waals surface area (Å²) in [6.45, 7) is 0. The zero-order valence-electron chi connectivity index (χ0n) is 12.0. The maximum Gasteiger partial charge on any atom is 0.228 e. The molecular formula is C16H17N3O2. The molecule has 0 radical (unpaired) electrons. The second kappa shape index (κ2) is 5.01. The van der Waals surface area contributed by atoms with Crippen LogP contribution in [0.2, 0.25) is 0 Å². The summed E-state index contributed by atoms with van der Waals surface area (Å²) in [5, 5.41) is 2.80. The van der Waals surface area contributed by atoms with E-state index in [0.717, 1.165) is 16.9 Å². The van der Waals surface area contributed by atoms with Crippen molar-refractivity contribution in [1.29, 1.82) is 0 Å². The lowest BCUT2D eigenvalue weighted by Crippen LogP contribution is -2.08. The molecule has 0 aliphatic carbocycles. The van der Waals surface area contributed by atoms with Crippen LogP contribution in [0, 0.1) is 0 Å². The Morgan fingerprint density at radius 2 is 2.05 bits per heavy atom. The molecule has 0 fully saturated rings. The molecule has 2 aromatic rings. The van der Waals surface area contributed by atoms with E-state index >= 15 is 0 Å². The van der Waals surface area contributed by atoms with Gasteiger partial charge in [0.05, 0.1) is 12.1 Å². The molecule has 0 bridgehead atoms. The van der Waals surface area contributed by atoms with Gasteiger partial charge in [0.1, 0.15) is 5.75 Å². The molecule has 0 atom stereocenters. The van der Waals surface area contributed by atoms with Crippen LogP contribution in [0.5, 0.6) is 11.5 Å². The van der Waals surface area contributed by atoms with Crippen LogP contribution in [0.4, 0.5) is 17.1 Å². The molecule has 108 valence electrons. The Hall–Kier alpha value is -2.69. The Morgan fingerprint density at radius 3 is 2.81 bits per heavy atom. The van der Waals surface area contributed by atoms with Gasteiger partial charge in [0.15, 0.2) is 5.75 Å². The van der Waals surface area contributed by atoms with Gasteiger partial charge in [-0.15, -0.1) is 0 Å². The molecule has 0 unspecified atom stereocenters. The number of fused-ring (bicyclic) bond motifs is 1. The van der Waals surface area contributed by atoms with Gasteiger partial charge >= 0.3 is 0 Å². The molecule has 5 heteroatoms. The van der Waals surface area contributed by atoms with Crippen LogP contribution < -0.4 is 20.7 Å². The average Bonchev–Trinajstić information content (AvgIpc) is 2.78. The van der Waals surface area contributed by atoms with Crippen LogP contribution in [0.15, 0.2) is 36.4 Å². The van der Waals surface area contributed by atoms with Crippen molar-refractivity contribution < 1.29 is 9.53 Å². The van der Waals surface area contributed by atoms with Crippen LogP contribution in [-0.2, 0) is 11.2 Å². The number of nitrogens with zero attached hydrogens (tertiary/aromatic N) is 1. The van der Waals surface area contributed by atoms with E-state index in [9.17, 15) is 4.79 Å². The number of anilines is 3. The number of ether oxygens (including phenoxy) is 1. The SMILES string of the molecule is CN(C)c1cccc(Oc2cc3c(cc2N)CC(=O)N3)c1. The van der Waals surface area contributed by atoms with Gasteiger partial charge in [-0.1, -0.05) is 6.07 Å². The van der Waals surface area contributed by atoms with Crippen molar-refractivity contribution in [2.45, 2.75) is 6.42 Å². The van der Waals surface area contributed by atoms with E-state index < -0.39 is 0 Å². The minimum absolute atomic E-state index is 0.0174. The monoisotopic (exact) mass is 283 g/mol. The van der Waals surface area contributed by atoms with Crippen LogP contribution in [0.25, 0.3) is 0 Å². The number of nitrogens with one attached hydrogen (secondary N) is 1. The Labute approximate surface area is 123 Å². The normalized spacial score (nSPS) is 12.8. The summed E-state index contributed by atoms with van der Waals surface area (Å²) in [7, 11) is 3.94. The third-order valence-electron chi connectivity index (χ3n) is 3.42. The first kappa shape index (κ1) is 13.3. The summed E-state index contributed by atoms with van der Waals surface area (Å²) in [4.78, 5) is 13.4. The standard InChI is InChI=1S/C16H17N3O2/c1-19(2)11-4-3-5-12(8-11)21-15-9-14-10(6-13(15)17)7-16(20)18-14/h3-6,8-9H,7,17H2,1-2H3,(H,18,20). The summed E-state index contributed by atoms with van der Waals surface area (Å²) in [6, 6.07) is 11.3. The fraction of sp³-hybridized carbons (Fsp3) is 0.188. The van der Waals surface area contributed by atoms with E-state index in [4.69, 9.17) is 10.5 Å². The molecular weight excluding hydrogens is 266 g/mol. The third-order valence-corrected chi connectivity index (χ3v) is 3.42. The van der Waals surface area contributed by atoms with Gasteiger partial charge in [0.2, 0.25) is 5.91 Å². The summed E-state index contributed by atoms with van der Waals surface area (Å²) < 4.78 is 5.86. The molecule has 3 rings (SSSR count). The molecule has 1 amide bonds. The van der Waals surface area contributed by atoms with Gasteiger partial charge < -0.3 is 20.7 Å². The molecule has 1 aliphatic rings. The highest BCUT2D eigenvalue weighted by atomic mass is 16.5. The number of hydrogen-bond acceptors (Lipinski definition) is 4. The summed E-state index contributed by atoms with van der Waals surface area (Å²) in [5.41, 5.74) is 9.26. The van der Waals surface area contributed by atoms with E-state index in [1.165, 1.54) is 0 Å². The predicted octanol–water partition coefficient (Wildman–Crippen LogP) is 2.62. The Bertz CT molecular complexity index is 711. The number of carbonyl (C=O) groups excluding carboxylic acids is 1. The molecule has 0 spiro atoms. The smallest absolute Gasteiger partial charge is 0.228 e. The lowest BCUT2D eigenvalue weighted by atomic mass is 10.1. The fourth-order valence-corrected chi connectivity index (χ4v) is 2.31. The molecule has 5 nitrogen and oxygen atoms in total. The lowest BCUT2D eigenvalue weighted by molar-refractivity contribution is -0.115. The fourth-order valence-electron chi connectivity index (χ4n) is 2.31. The first-order valence-corrected chi connectivity index (χ1v) is 6.70. The molecule has 21 heavy (non-hydrogen) atoms. The average molecular weight is 283 g/mol. The van der Waals surface area contributed by atoms with E-state index in [1.807, 2.05) is 43.3 Å². The second-order valence-corrected chi connectivity index (χ2v) is 5.27. The molecule has 0 saturated heterocycles. The Kier molecular flexibility index (Phi) is 3.17. The number of hydrogen-bond donors (Lipinski definition) is 2. The van der Waals surface area contributed by atoms with E-state index in [1.54, 1.807) is 12.1 Å². The molecule has 2 aromatic carbocycles. The minimum atomic E-state index is -0.0174. The van der Waals surface area contributed by atoms with Crippen molar-refractivity contribution in [3.8, 4) is 11.5 Å². The number of benzene rings is 2. The Balaban J connectivity index is 1.90. The Morgan fingerprint density at radius 1 is 1.24 bits per heavy atom. The highest BCUT2D eigenvalue weighted by molar-refractivity contribution is 6.00. The summed E-state index contributed by atoms with van der Waals surface area (Å²) in [5.74, 6) is 1.24. The number of amides is 1. The number of carbonyl (C=O) groups is 1. The second-order valence-electron chi connectivity index (χ2n) is 5.27. The van der Waals surface area contributed by atoms with Crippen molar-refractivity contribution >= 4 is 23.0 Å². The van der Waals surface area contributed by atoms with E-state index in [0.29, 0.717) is 23.6 Å². The van der Waals surface area contributed by atoms with E-state index in [2.05, 4.69) is 5.32 Å². The minimum Gasteiger partial charge on any atom is -0.455 e. The van der Waals surface area contributed by atoms with Gasteiger partial charge in [-0.3, -0.25) is 4.79 Å². The maximum absolute atomic E-state index is 11.4. The lowest BCUT2D eigenvalue weighted by Gasteiger charge is -2.15. The molecule has 1 aliphatic heterocycles. The van der Waals surface area contributed by atoms with Crippen molar-refractivity contribution in [1.82, 2.24) is 0 Å². The highest BCUT2D eigenvalue weighted by Crippen LogP contribution is 2.36. The third kappa shape index (κ3) is 2.63. The molecule has 3 N–H and O–H groups in total. The first-order valence-electron chi connectivity index (χ1n) is 6.70. The van der Waals surface area contributed by atoms with Crippen LogP contribution in [0.1, 0.15) is 5.56 Å². The molecule has 0 aromatic heterocycles. The van der Waals surface area contributed by atoms with Gasteiger partial charge in [-0.2, -0.15) is 0 Å². The molecule has 1 heterocycles. The van der Waals surface area contributed by atoms with Crippen LogP contribution >= 0.6 is 0 Å². The highest BCUT2D eigenvalue weighted by Gasteiger charge is 2.20. The van der Waals surface area contributed by atoms with Gasteiger partial charge in [0.25, 0.3) is 0 Å². The predicted molar refractivity (Wildman–Crippen MR) is 84.0 cm³/mol. The van der Waals surface area contributed by atoms with E-state index in [-0.39, 0.29) is 5.91 Å². The van der Waals surface area contributed by atoms with Gasteiger partial charge in [-0.05, 0) is 23.8 Å². The number of nitrogens with two attached hydrogens (primary N) is 1. The summed E-state index contributed by atoms with van der Waals surface area (Å²) in [6.07, 6.45) is 0.371. The first-order chi connectivity index (χ1) is 10.0. The van der Waals surface area contributed by atoms with Gasteiger partial charge in [-0.25, -0.2) is 0 Å². The topological polar surface area (TPSA) is 67.6 Å². The van der Waals surface area contributed by atoms with Crippen molar-refractivity contribution in [3.63, 3.8) is 0 Å². The van der Waals surface area contributed by atoms with Crippen molar-refractivity contribution in [2.75, 3.05) is 30.0 Å². The van der Waals surface area contributed by atoms with Gasteiger partial charge in [0, 0.05) is 37.6 Å². The largest absolute Gasteiger partial charge is 0.455 e. The summed E-state index contributed by atoms with van der Waals surface area (Å²) >= 11 is 0. The van der Waals surface area contributed by atoms with Crippen LogP contribution in [-0.4, -0.2) is 20.0 Å². The van der Waals surface area contributed by atoms with Crippen molar-refractivity contribution in [3.05, 3.63) is 42.0 Å². The molecule has 0 saturated carbocycles. The number of rotatable bonds is 3. The zero-order valence-corrected chi connectivity index (χ0v) is 12.0. The van der Waals surface area contributed by atoms with Crippen molar-refractivity contribution in [2.24, 2.45) is 0 Å². The maximum atomic E-state index is 11.4. The van der Waals surface area contributed by atoms with Crippen LogP contribution in [0.3, 0.4) is 0 Å².